The number of aromatic nitrogens is 2. The summed E-state index contributed by atoms with van der Waals surface area (Å²) >= 11 is 0. The van der Waals surface area contributed by atoms with E-state index in [1.807, 2.05) is 0 Å². The minimum atomic E-state index is -0.877. The highest BCUT2D eigenvalue weighted by Crippen LogP contribution is 2.19. The zero-order chi connectivity index (χ0) is 12.6. The number of hydrogen-bond acceptors (Lipinski definition) is 2. The van der Waals surface area contributed by atoms with Gasteiger partial charge in [0, 0.05) is 13.5 Å². The SMILES string of the molecule is CC(Cc1nc2cccc(F)c2n1C)C(=O)O. The molecule has 1 aromatic heterocycles. The molecule has 0 saturated heterocycles. The van der Waals surface area contributed by atoms with Gasteiger partial charge in [-0.2, -0.15) is 0 Å². The number of carboxylic acids is 1. The fourth-order valence-electron chi connectivity index (χ4n) is 1.81. The third-order valence-electron chi connectivity index (χ3n) is 2.85. The van der Waals surface area contributed by atoms with Crippen molar-refractivity contribution in [3.63, 3.8) is 0 Å². The molecule has 4 nitrogen and oxygen atoms in total. The minimum Gasteiger partial charge on any atom is -0.481 e. The van der Waals surface area contributed by atoms with Crippen LogP contribution in [0.2, 0.25) is 0 Å². The average molecular weight is 236 g/mol. The number of rotatable bonds is 3. The molecule has 1 atom stereocenters. The van der Waals surface area contributed by atoms with Gasteiger partial charge in [-0.15, -0.1) is 0 Å². The van der Waals surface area contributed by atoms with Crippen LogP contribution in [-0.4, -0.2) is 20.6 Å². The molecule has 0 amide bonds. The first-order valence-corrected chi connectivity index (χ1v) is 5.33. The largest absolute Gasteiger partial charge is 0.481 e. The van der Waals surface area contributed by atoms with Crippen LogP contribution in [0.4, 0.5) is 4.39 Å². The summed E-state index contributed by atoms with van der Waals surface area (Å²) in [5, 5.41) is 8.85. The molecule has 1 unspecified atom stereocenters. The summed E-state index contributed by atoms with van der Waals surface area (Å²) in [6, 6.07) is 4.68. The summed E-state index contributed by atoms with van der Waals surface area (Å²) < 4.78 is 15.2. The number of hydrogen-bond donors (Lipinski definition) is 1. The Bertz CT molecular complexity index is 577. The zero-order valence-electron chi connectivity index (χ0n) is 9.64. The molecule has 2 rings (SSSR count). The zero-order valence-corrected chi connectivity index (χ0v) is 9.64. The molecule has 1 heterocycles. The molecule has 90 valence electrons. The number of carbonyl (C=O) groups is 1. The van der Waals surface area contributed by atoms with E-state index in [1.54, 1.807) is 30.7 Å². The molecule has 17 heavy (non-hydrogen) atoms. The average Bonchev–Trinajstić information content (AvgIpc) is 2.57. The van der Waals surface area contributed by atoms with E-state index in [1.165, 1.54) is 6.07 Å². The van der Waals surface area contributed by atoms with Gasteiger partial charge in [0.1, 0.15) is 17.2 Å². The first kappa shape index (κ1) is 11.6. The first-order chi connectivity index (χ1) is 8.00. The summed E-state index contributed by atoms with van der Waals surface area (Å²) in [5.41, 5.74) is 0.972. The number of aryl methyl sites for hydroxylation is 1. The fourth-order valence-corrected chi connectivity index (χ4v) is 1.81. The lowest BCUT2D eigenvalue weighted by molar-refractivity contribution is -0.141. The van der Waals surface area contributed by atoms with Gasteiger partial charge in [-0.05, 0) is 12.1 Å². The van der Waals surface area contributed by atoms with Crippen molar-refractivity contribution in [3.8, 4) is 0 Å². The highest BCUT2D eigenvalue weighted by atomic mass is 19.1. The lowest BCUT2D eigenvalue weighted by Gasteiger charge is -2.06. The van der Waals surface area contributed by atoms with Crippen molar-refractivity contribution < 1.29 is 14.3 Å². The van der Waals surface area contributed by atoms with Crippen molar-refractivity contribution in [1.82, 2.24) is 9.55 Å². The van der Waals surface area contributed by atoms with Gasteiger partial charge in [0.25, 0.3) is 0 Å². The number of halogens is 1. The lowest BCUT2D eigenvalue weighted by Crippen LogP contribution is -2.14. The number of para-hydroxylation sites is 1. The minimum absolute atomic E-state index is 0.292. The van der Waals surface area contributed by atoms with E-state index in [0.29, 0.717) is 23.3 Å². The molecule has 0 bridgehead atoms. The Morgan fingerprint density at radius 2 is 2.29 bits per heavy atom. The molecule has 0 saturated carbocycles. The Labute approximate surface area is 97.7 Å². The van der Waals surface area contributed by atoms with Crippen LogP contribution in [0.25, 0.3) is 11.0 Å². The molecular formula is C12H13FN2O2. The Morgan fingerprint density at radius 1 is 1.59 bits per heavy atom. The molecular weight excluding hydrogens is 223 g/mol. The second-order valence-electron chi connectivity index (χ2n) is 4.14. The van der Waals surface area contributed by atoms with E-state index in [-0.39, 0.29) is 5.82 Å². The smallest absolute Gasteiger partial charge is 0.306 e. The van der Waals surface area contributed by atoms with Crippen molar-refractivity contribution in [1.29, 1.82) is 0 Å². The Kier molecular flexibility index (Phi) is 2.83. The molecule has 1 N–H and O–H groups in total. The molecule has 0 spiro atoms. The van der Waals surface area contributed by atoms with Crippen LogP contribution in [0.3, 0.4) is 0 Å². The third kappa shape index (κ3) is 2.00. The van der Waals surface area contributed by atoms with E-state index in [4.69, 9.17) is 5.11 Å². The summed E-state index contributed by atoms with van der Waals surface area (Å²) in [5.74, 6) is -1.17. The van der Waals surface area contributed by atoms with Crippen LogP contribution in [-0.2, 0) is 18.3 Å². The Hall–Kier alpha value is -1.91. The summed E-state index contributed by atoms with van der Waals surface area (Å²) in [6.45, 7) is 1.61. The molecule has 0 aliphatic rings. The maximum Gasteiger partial charge on any atom is 0.306 e. The molecule has 0 aliphatic heterocycles. The Balaban J connectivity index is 2.46. The van der Waals surface area contributed by atoms with Crippen LogP contribution < -0.4 is 0 Å². The van der Waals surface area contributed by atoms with Crippen molar-refractivity contribution in [3.05, 3.63) is 29.8 Å². The second-order valence-corrected chi connectivity index (χ2v) is 4.14. The molecule has 2 aromatic rings. The van der Waals surface area contributed by atoms with Crippen LogP contribution >= 0.6 is 0 Å². The standard InChI is InChI=1S/C12H13FN2O2/c1-7(12(16)17)6-10-14-9-5-3-4-8(13)11(9)15(10)2/h3-5,7H,6H2,1-2H3,(H,16,17). The first-order valence-electron chi connectivity index (χ1n) is 5.33. The van der Waals surface area contributed by atoms with E-state index < -0.39 is 11.9 Å². The summed E-state index contributed by atoms with van der Waals surface area (Å²) in [6.07, 6.45) is 0.292. The molecule has 5 heteroatoms. The monoisotopic (exact) mass is 236 g/mol. The van der Waals surface area contributed by atoms with Gasteiger partial charge >= 0.3 is 5.97 Å². The lowest BCUT2D eigenvalue weighted by atomic mass is 10.1. The third-order valence-corrected chi connectivity index (χ3v) is 2.85. The van der Waals surface area contributed by atoms with Gasteiger partial charge in [-0.3, -0.25) is 4.79 Å². The molecule has 1 aromatic carbocycles. The van der Waals surface area contributed by atoms with Crippen molar-refractivity contribution in [2.45, 2.75) is 13.3 Å². The van der Waals surface area contributed by atoms with Crippen LogP contribution in [0, 0.1) is 11.7 Å². The van der Waals surface area contributed by atoms with E-state index in [9.17, 15) is 9.18 Å². The molecule has 0 fully saturated rings. The number of nitrogens with zero attached hydrogens (tertiary/aromatic N) is 2. The highest BCUT2D eigenvalue weighted by molar-refractivity contribution is 5.77. The van der Waals surface area contributed by atoms with Crippen LogP contribution in [0.1, 0.15) is 12.7 Å². The van der Waals surface area contributed by atoms with Gasteiger partial charge in [0.2, 0.25) is 0 Å². The maximum absolute atomic E-state index is 13.6. The van der Waals surface area contributed by atoms with Gasteiger partial charge < -0.3 is 9.67 Å². The predicted octanol–water partition coefficient (Wildman–Crippen LogP) is 1.98. The van der Waals surface area contributed by atoms with Gasteiger partial charge in [-0.25, -0.2) is 9.37 Å². The summed E-state index contributed by atoms with van der Waals surface area (Å²) in [4.78, 5) is 15.0. The molecule has 0 radical (unpaired) electrons. The second kappa shape index (κ2) is 4.16. The fraction of sp³-hybridized carbons (Fsp3) is 0.333. The number of aliphatic carboxylic acids is 1. The summed E-state index contributed by atoms with van der Waals surface area (Å²) in [7, 11) is 1.70. The van der Waals surface area contributed by atoms with Gasteiger partial charge in [0.05, 0.1) is 11.4 Å². The molecule has 0 aliphatic carbocycles. The number of carboxylic acid groups (broad SMARTS) is 1. The van der Waals surface area contributed by atoms with Crippen molar-refractivity contribution in [2.75, 3.05) is 0 Å². The van der Waals surface area contributed by atoms with E-state index in [2.05, 4.69) is 4.98 Å². The van der Waals surface area contributed by atoms with E-state index in [0.717, 1.165) is 0 Å². The normalized spacial score (nSPS) is 12.9. The van der Waals surface area contributed by atoms with Gasteiger partial charge in [0.15, 0.2) is 0 Å². The van der Waals surface area contributed by atoms with Gasteiger partial charge in [-0.1, -0.05) is 13.0 Å². The number of fused-ring (bicyclic) bond motifs is 1. The quantitative estimate of drug-likeness (QED) is 0.886. The van der Waals surface area contributed by atoms with Crippen LogP contribution in [0.5, 0.6) is 0 Å². The van der Waals surface area contributed by atoms with Crippen molar-refractivity contribution >= 4 is 17.0 Å². The number of imidazole rings is 1. The van der Waals surface area contributed by atoms with E-state index >= 15 is 0 Å². The predicted molar refractivity (Wildman–Crippen MR) is 61.2 cm³/mol. The number of benzene rings is 1. The Morgan fingerprint density at radius 3 is 2.88 bits per heavy atom. The maximum atomic E-state index is 13.6. The topological polar surface area (TPSA) is 55.1 Å². The van der Waals surface area contributed by atoms with Crippen LogP contribution in [0.15, 0.2) is 18.2 Å². The van der Waals surface area contributed by atoms with Crippen molar-refractivity contribution in [2.24, 2.45) is 13.0 Å². The highest BCUT2D eigenvalue weighted by Gasteiger charge is 2.17.